The van der Waals surface area contributed by atoms with Crippen LogP contribution >= 0.6 is 11.6 Å². The minimum atomic E-state index is -0.283. The van der Waals surface area contributed by atoms with Gasteiger partial charge in [0, 0.05) is 5.56 Å². The van der Waals surface area contributed by atoms with Crippen molar-refractivity contribution in [3.05, 3.63) is 23.3 Å². The van der Waals surface area contributed by atoms with Crippen molar-refractivity contribution in [2.24, 2.45) is 0 Å². The second kappa shape index (κ2) is 5.24. The van der Waals surface area contributed by atoms with Crippen molar-refractivity contribution in [1.29, 1.82) is 0 Å². The highest BCUT2D eigenvalue weighted by Gasteiger charge is 2.14. The Labute approximate surface area is 95.3 Å². The molecule has 1 aromatic rings. The number of ether oxygens (including phenoxy) is 2. The average molecular weight is 230 g/mol. The molecular formula is C11H16ClNO2. The van der Waals surface area contributed by atoms with Crippen LogP contribution in [0.4, 0.5) is 0 Å². The van der Waals surface area contributed by atoms with Gasteiger partial charge in [-0.3, -0.25) is 0 Å². The smallest absolute Gasteiger partial charge is 0.125 e. The van der Waals surface area contributed by atoms with Crippen molar-refractivity contribution in [3.8, 4) is 11.5 Å². The second-order valence-corrected chi connectivity index (χ2v) is 3.65. The summed E-state index contributed by atoms with van der Waals surface area (Å²) >= 11 is 6.11. The molecule has 0 saturated heterocycles. The van der Waals surface area contributed by atoms with Gasteiger partial charge in [-0.05, 0) is 31.7 Å². The van der Waals surface area contributed by atoms with Crippen LogP contribution in [0.3, 0.4) is 0 Å². The van der Waals surface area contributed by atoms with E-state index in [1.165, 1.54) is 0 Å². The van der Waals surface area contributed by atoms with Crippen LogP contribution in [0.25, 0.3) is 0 Å². The first kappa shape index (κ1) is 12.1. The number of aryl methyl sites for hydroxylation is 1. The Morgan fingerprint density at radius 2 is 1.80 bits per heavy atom. The van der Waals surface area contributed by atoms with Crippen LogP contribution in [0.1, 0.15) is 16.6 Å². The molecule has 0 aliphatic heterocycles. The topological polar surface area (TPSA) is 30.5 Å². The minimum Gasteiger partial charge on any atom is -0.496 e. The van der Waals surface area contributed by atoms with Crippen molar-refractivity contribution in [2.45, 2.75) is 12.4 Å². The molecule has 1 rings (SSSR count). The van der Waals surface area contributed by atoms with Gasteiger partial charge in [0.1, 0.15) is 17.0 Å². The van der Waals surface area contributed by atoms with E-state index in [1.807, 2.05) is 19.1 Å². The molecule has 1 aromatic carbocycles. The first-order chi connectivity index (χ1) is 7.13. The summed E-state index contributed by atoms with van der Waals surface area (Å²) in [7, 11) is 5.06. The van der Waals surface area contributed by atoms with E-state index in [1.54, 1.807) is 21.3 Å². The third kappa shape index (κ3) is 2.55. The molecule has 0 radical (unpaired) electrons. The maximum absolute atomic E-state index is 6.11. The summed E-state index contributed by atoms with van der Waals surface area (Å²) in [6.45, 7) is 1.97. The molecule has 0 saturated carbocycles. The van der Waals surface area contributed by atoms with Crippen LogP contribution in [-0.4, -0.2) is 21.3 Å². The predicted molar refractivity (Wildman–Crippen MR) is 61.9 cm³/mol. The van der Waals surface area contributed by atoms with E-state index in [4.69, 9.17) is 21.1 Å². The van der Waals surface area contributed by atoms with Crippen LogP contribution in [0, 0.1) is 6.92 Å². The van der Waals surface area contributed by atoms with Crippen molar-refractivity contribution in [3.63, 3.8) is 0 Å². The zero-order valence-electron chi connectivity index (χ0n) is 9.43. The minimum absolute atomic E-state index is 0.283. The lowest BCUT2D eigenvalue weighted by atomic mass is 10.1. The first-order valence-electron chi connectivity index (χ1n) is 4.68. The molecule has 1 atom stereocenters. The number of hydrogen-bond acceptors (Lipinski definition) is 3. The lowest BCUT2D eigenvalue weighted by Crippen LogP contribution is -2.11. The van der Waals surface area contributed by atoms with Crippen LogP contribution in [0.5, 0.6) is 11.5 Å². The Morgan fingerprint density at radius 3 is 2.27 bits per heavy atom. The maximum Gasteiger partial charge on any atom is 0.125 e. The Bertz CT molecular complexity index is 342. The SMILES string of the molecule is CNC(Cl)c1cc(OC)c(C)cc1OC. The van der Waals surface area contributed by atoms with Gasteiger partial charge in [-0.15, -0.1) is 11.6 Å². The number of alkyl halides is 1. The molecule has 1 N–H and O–H groups in total. The highest BCUT2D eigenvalue weighted by molar-refractivity contribution is 6.20. The first-order valence-corrected chi connectivity index (χ1v) is 5.11. The van der Waals surface area contributed by atoms with Crippen molar-refractivity contribution in [2.75, 3.05) is 21.3 Å². The highest BCUT2D eigenvalue weighted by Crippen LogP contribution is 2.33. The molecule has 0 amide bonds. The Kier molecular flexibility index (Phi) is 4.24. The monoisotopic (exact) mass is 229 g/mol. The Morgan fingerprint density at radius 1 is 1.20 bits per heavy atom. The fraction of sp³-hybridized carbons (Fsp3) is 0.455. The van der Waals surface area contributed by atoms with Gasteiger partial charge in [0.15, 0.2) is 0 Å². The molecule has 0 heterocycles. The number of benzene rings is 1. The van der Waals surface area contributed by atoms with Gasteiger partial charge < -0.3 is 14.8 Å². The summed E-state index contributed by atoms with van der Waals surface area (Å²) < 4.78 is 10.5. The largest absolute Gasteiger partial charge is 0.496 e. The van der Waals surface area contributed by atoms with Gasteiger partial charge in [-0.25, -0.2) is 0 Å². The van der Waals surface area contributed by atoms with E-state index < -0.39 is 0 Å². The molecule has 84 valence electrons. The van der Waals surface area contributed by atoms with E-state index in [0.29, 0.717) is 0 Å². The lowest BCUT2D eigenvalue weighted by molar-refractivity contribution is 0.395. The van der Waals surface area contributed by atoms with Crippen molar-refractivity contribution >= 4 is 11.6 Å². The summed E-state index contributed by atoms with van der Waals surface area (Å²) in [6.07, 6.45) is 0. The van der Waals surface area contributed by atoms with Gasteiger partial charge in [0.25, 0.3) is 0 Å². The zero-order valence-corrected chi connectivity index (χ0v) is 10.2. The third-order valence-corrected chi connectivity index (χ3v) is 2.73. The normalized spacial score (nSPS) is 12.3. The zero-order chi connectivity index (χ0) is 11.4. The van der Waals surface area contributed by atoms with Crippen LogP contribution in [-0.2, 0) is 0 Å². The molecule has 0 fully saturated rings. The van der Waals surface area contributed by atoms with Crippen molar-refractivity contribution in [1.82, 2.24) is 5.32 Å². The Balaban J connectivity index is 3.22. The van der Waals surface area contributed by atoms with Gasteiger partial charge >= 0.3 is 0 Å². The van der Waals surface area contributed by atoms with Gasteiger partial charge in [-0.2, -0.15) is 0 Å². The molecule has 4 heteroatoms. The molecule has 0 bridgehead atoms. The number of nitrogens with one attached hydrogen (secondary N) is 1. The van der Waals surface area contributed by atoms with Gasteiger partial charge in [-0.1, -0.05) is 0 Å². The van der Waals surface area contributed by atoms with E-state index in [9.17, 15) is 0 Å². The Hall–Kier alpha value is -0.930. The fourth-order valence-electron chi connectivity index (χ4n) is 1.43. The number of halogens is 1. The fourth-order valence-corrected chi connectivity index (χ4v) is 1.60. The lowest BCUT2D eigenvalue weighted by Gasteiger charge is -2.16. The number of hydrogen-bond donors (Lipinski definition) is 1. The van der Waals surface area contributed by atoms with Crippen molar-refractivity contribution < 1.29 is 9.47 Å². The molecule has 3 nitrogen and oxygen atoms in total. The molecule has 0 spiro atoms. The molecule has 1 unspecified atom stereocenters. The average Bonchev–Trinajstić information content (AvgIpc) is 2.27. The van der Waals surface area contributed by atoms with Gasteiger partial charge in [0.05, 0.1) is 14.2 Å². The van der Waals surface area contributed by atoms with Crippen LogP contribution < -0.4 is 14.8 Å². The quantitative estimate of drug-likeness (QED) is 0.636. The predicted octanol–water partition coefficient (Wildman–Crippen LogP) is 2.47. The van der Waals surface area contributed by atoms with E-state index in [0.717, 1.165) is 22.6 Å². The van der Waals surface area contributed by atoms with Gasteiger partial charge in [0.2, 0.25) is 0 Å². The highest BCUT2D eigenvalue weighted by atomic mass is 35.5. The van der Waals surface area contributed by atoms with E-state index >= 15 is 0 Å². The molecule has 0 aromatic heterocycles. The van der Waals surface area contributed by atoms with E-state index in [-0.39, 0.29) is 5.50 Å². The summed E-state index contributed by atoms with van der Waals surface area (Å²) in [5.74, 6) is 1.58. The van der Waals surface area contributed by atoms with E-state index in [2.05, 4.69) is 5.32 Å². The molecule has 15 heavy (non-hydrogen) atoms. The molecule has 0 aliphatic carbocycles. The standard InChI is InChI=1S/C11H16ClNO2/c1-7-5-10(15-4)8(11(12)13-2)6-9(7)14-3/h5-6,11,13H,1-4H3. The number of methoxy groups -OCH3 is 2. The summed E-state index contributed by atoms with van der Waals surface area (Å²) in [4.78, 5) is 0. The summed E-state index contributed by atoms with van der Waals surface area (Å²) in [6, 6.07) is 3.81. The van der Waals surface area contributed by atoms with Crippen LogP contribution in [0.2, 0.25) is 0 Å². The molecular weight excluding hydrogens is 214 g/mol. The summed E-state index contributed by atoms with van der Waals surface area (Å²) in [5.41, 5.74) is 1.62. The number of rotatable bonds is 4. The molecule has 0 aliphatic rings. The van der Waals surface area contributed by atoms with Crippen LogP contribution in [0.15, 0.2) is 12.1 Å². The summed E-state index contributed by atoms with van der Waals surface area (Å²) in [5, 5.41) is 2.96. The second-order valence-electron chi connectivity index (χ2n) is 3.22. The third-order valence-electron chi connectivity index (χ3n) is 2.27. The maximum atomic E-state index is 6.11.